The number of nitrogens with zero attached hydrogens (tertiary/aromatic N) is 4. The topological polar surface area (TPSA) is 90.3 Å². The molecule has 0 bridgehead atoms. The second-order valence-corrected chi connectivity index (χ2v) is 9.01. The van der Waals surface area contributed by atoms with Crippen LogP contribution in [0.1, 0.15) is 24.8 Å². The van der Waals surface area contributed by atoms with Gasteiger partial charge in [-0.2, -0.15) is 4.98 Å². The van der Waals surface area contributed by atoms with E-state index in [1.807, 2.05) is 19.1 Å². The van der Waals surface area contributed by atoms with Crippen LogP contribution in [0.4, 0.5) is 13.2 Å². The summed E-state index contributed by atoms with van der Waals surface area (Å²) < 4.78 is 52.7. The summed E-state index contributed by atoms with van der Waals surface area (Å²) in [5, 5.41) is 10.6. The van der Waals surface area contributed by atoms with Crippen LogP contribution in [0.25, 0.3) is 32.0 Å². The van der Waals surface area contributed by atoms with Crippen LogP contribution in [0.15, 0.2) is 24.4 Å². The molecule has 172 valence electrons. The van der Waals surface area contributed by atoms with Gasteiger partial charge >= 0.3 is 0 Å². The molecule has 1 aromatic carbocycles. The van der Waals surface area contributed by atoms with Crippen molar-refractivity contribution in [2.75, 3.05) is 7.11 Å². The average Bonchev–Trinajstić information content (AvgIpc) is 3.17. The van der Waals surface area contributed by atoms with Crippen LogP contribution in [-0.2, 0) is 0 Å². The molecule has 0 spiro atoms. The quantitative estimate of drug-likeness (QED) is 0.457. The fraction of sp³-hybridized carbons (Fsp3) is 0.364. The number of aryl methyl sites for hydroxylation is 1. The molecule has 3 heterocycles. The van der Waals surface area contributed by atoms with Gasteiger partial charge in [0.05, 0.1) is 36.9 Å². The predicted molar refractivity (Wildman–Crippen MR) is 116 cm³/mol. The van der Waals surface area contributed by atoms with Crippen LogP contribution >= 0.6 is 11.3 Å². The summed E-state index contributed by atoms with van der Waals surface area (Å²) in [6.45, 7) is 1.91. The number of alkyl halides is 2. The minimum Gasteiger partial charge on any atom is -0.480 e. The Bertz CT molecular complexity index is 1360. The van der Waals surface area contributed by atoms with Crippen LogP contribution in [0.5, 0.6) is 11.8 Å². The molecule has 1 saturated carbocycles. The largest absolute Gasteiger partial charge is 0.480 e. The molecule has 0 amide bonds. The number of methoxy groups -OCH3 is 1. The Kier molecular flexibility index (Phi) is 5.32. The van der Waals surface area contributed by atoms with Crippen LogP contribution < -0.4 is 9.47 Å². The van der Waals surface area contributed by atoms with E-state index < -0.39 is 42.7 Å². The summed E-state index contributed by atoms with van der Waals surface area (Å²) in [5.41, 5.74) is 3.15. The highest BCUT2D eigenvalue weighted by Crippen LogP contribution is 2.38. The fourth-order valence-corrected chi connectivity index (χ4v) is 4.80. The maximum Gasteiger partial charge on any atom is 0.252 e. The van der Waals surface area contributed by atoms with Crippen molar-refractivity contribution in [1.82, 2.24) is 19.9 Å². The first-order valence-electron chi connectivity index (χ1n) is 10.2. The summed E-state index contributed by atoms with van der Waals surface area (Å²) in [4.78, 5) is 17.9. The van der Waals surface area contributed by atoms with Gasteiger partial charge in [-0.15, -0.1) is 0 Å². The van der Waals surface area contributed by atoms with E-state index in [0.29, 0.717) is 37.8 Å². The van der Waals surface area contributed by atoms with E-state index in [-0.39, 0.29) is 6.42 Å². The molecule has 2 atom stereocenters. The number of aliphatic hydroxyl groups excluding tert-OH is 1. The number of aromatic nitrogens is 4. The third-order valence-corrected chi connectivity index (χ3v) is 6.51. The van der Waals surface area contributed by atoms with Crippen molar-refractivity contribution in [3.63, 3.8) is 0 Å². The maximum absolute atomic E-state index is 14.7. The molecule has 0 saturated heterocycles. The Hall–Kier alpha value is -3.05. The molecule has 1 N–H and O–H groups in total. The molecule has 0 aliphatic heterocycles. The number of aliphatic hydroxyl groups is 1. The Morgan fingerprint density at radius 1 is 1.15 bits per heavy atom. The van der Waals surface area contributed by atoms with Gasteiger partial charge in [-0.3, -0.25) is 0 Å². The number of rotatable bonds is 4. The van der Waals surface area contributed by atoms with E-state index in [1.54, 1.807) is 0 Å². The van der Waals surface area contributed by atoms with Crippen molar-refractivity contribution in [3.05, 3.63) is 35.8 Å². The lowest BCUT2D eigenvalue weighted by atomic mass is 9.91. The molecule has 1 fully saturated rings. The molecular formula is C22H19F3N4O3S. The Morgan fingerprint density at radius 3 is 2.76 bits per heavy atom. The molecule has 1 aliphatic rings. The van der Waals surface area contributed by atoms with E-state index in [9.17, 15) is 18.3 Å². The van der Waals surface area contributed by atoms with Gasteiger partial charge in [0.25, 0.3) is 11.8 Å². The second-order valence-electron chi connectivity index (χ2n) is 8.03. The molecule has 7 nitrogen and oxygen atoms in total. The van der Waals surface area contributed by atoms with E-state index >= 15 is 0 Å². The summed E-state index contributed by atoms with van der Waals surface area (Å²) in [6, 6.07) is 4.92. The van der Waals surface area contributed by atoms with E-state index in [1.165, 1.54) is 24.6 Å². The lowest BCUT2D eigenvalue weighted by Crippen LogP contribution is -2.43. The number of pyridine rings is 1. The first-order chi connectivity index (χ1) is 15.7. The Morgan fingerprint density at radius 2 is 1.97 bits per heavy atom. The van der Waals surface area contributed by atoms with Gasteiger partial charge in [0.1, 0.15) is 21.5 Å². The molecule has 0 radical (unpaired) electrons. The molecular weight excluding hydrogens is 457 g/mol. The highest BCUT2D eigenvalue weighted by molar-refractivity contribution is 7.21. The predicted octanol–water partition coefficient (Wildman–Crippen LogP) is 4.69. The first-order valence-corrected chi connectivity index (χ1v) is 11.1. The number of hydrogen-bond acceptors (Lipinski definition) is 8. The van der Waals surface area contributed by atoms with Gasteiger partial charge in [-0.25, -0.2) is 28.1 Å². The summed E-state index contributed by atoms with van der Waals surface area (Å²) in [7, 11) is 1.51. The highest BCUT2D eigenvalue weighted by atomic mass is 32.1. The van der Waals surface area contributed by atoms with Crippen molar-refractivity contribution in [1.29, 1.82) is 0 Å². The molecule has 5 rings (SSSR count). The SMILES string of the molecule is COc1cnc2c(-c3nc4cc(F)c(O[C@@H]5CC(F)(F)CCC5O)nc4s3)cc(C)cc2n1. The van der Waals surface area contributed by atoms with Gasteiger partial charge in [-0.1, -0.05) is 11.3 Å². The normalized spacial score (nSPS) is 20.3. The number of fused-ring (bicyclic) bond motifs is 2. The second kappa shape index (κ2) is 8.07. The molecule has 1 aliphatic carbocycles. The van der Waals surface area contributed by atoms with Crippen LogP contribution in [0.3, 0.4) is 0 Å². The number of halogens is 3. The number of thiazole rings is 1. The van der Waals surface area contributed by atoms with Crippen molar-refractivity contribution < 1.29 is 27.8 Å². The fourth-order valence-electron chi connectivity index (χ4n) is 3.87. The zero-order valence-electron chi connectivity index (χ0n) is 17.7. The van der Waals surface area contributed by atoms with Crippen LogP contribution in [0.2, 0.25) is 0 Å². The van der Waals surface area contributed by atoms with Gasteiger partial charge < -0.3 is 14.6 Å². The first kappa shape index (κ1) is 21.8. The Balaban J connectivity index is 1.54. The molecule has 3 aromatic heterocycles. The molecule has 11 heteroatoms. The lowest BCUT2D eigenvalue weighted by Gasteiger charge is -2.32. The smallest absolute Gasteiger partial charge is 0.252 e. The zero-order valence-corrected chi connectivity index (χ0v) is 18.5. The zero-order chi connectivity index (χ0) is 23.3. The third kappa shape index (κ3) is 4.18. The highest BCUT2D eigenvalue weighted by Gasteiger charge is 2.42. The van der Waals surface area contributed by atoms with E-state index in [0.717, 1.165) is 11.6 Å². The third-order valence-electron chi connectivity index (χ3n) is 5.51. The monoisotopic (exact) mass is 476 g/mol. The average molecular weight is 476 g/mol. The minimum absolute atomic E-state index is 0.126. The van der Waals surface area contributed by atoms with Gasteiger partial charge in [0.2, 0.25) is 5.88 Å². The number of hydrogen-bond donors (Lipinski definition) is 1. The minimum atomic E-state index is -2.97. The van der Waals surface area contributed by atoms with Gasteiger partial charge in [-0.05, 0) is 31.0 Å². The van der Waals surface area contributed by atoms with Crippen molar-refractivity contribution in [2.45, 2.75) is 44.3 Å². The Labute approximate surface area is 190 Å². The number of benzene rings is 1. The number of ether oxygens (including phenoxy) is 2. The maximum atomic E-state index is 14.7. The van der Waals surface area contributed by atoms with Crippen LogP contribution in [0, 0.1) is 12.7 Å². The molecule has 1 unspecified atom stereocenters. The lowest BCUT2D eigenvalue weighted by molar-refractivity contribution is -0.114. The molecule has 4 aromatic rings. The van der Waals surface area contributed by atoms with Crippen molar-refractivity contribution in [2.24, 2.45) is 0 Å². The van der Waals surface area contributed by atoms with Gasteiger partial charge in [0.15, 0.2) is 5.82 Å². The van der Waals surface area contributed by atoms with E-state index in [2.05, 4.69) is 19.9 Å². The summed E-state index contributed by atoms with van der Waals surface area (Å²) in [6.07, 6.45) is -2.11. The van der Waals surface area contributed by atoms with Crippen molar-refractivity contribution in [3.8, 4) is 22.3 Å². The standard InChI is InChI=1S/C22H19F3N4O3S/c1-10-5-11(18-13(6-10)27-17(31-2)9-26-18)20-28-14-7-12(23)19(29-21(14)33-20)32-16-8-22(24,25)4-3-15(16)30/h5-7,9,15-16,30H,3-4,8H2,1-2H3/t15?,16-/m1/s1. The van der Waals surface area contributed by atoms with Gasteiger partial charge in [0, 0.05) is 18.1 Å². The summed E-state index contributed by atoms with van der Waals surface area (Å²) >= 11 is 1.19. The molecule has 33 heavy (non-hydrogen) atoms. The van der Waals surface area contributed by atoms with Crippen LogP contribution in [-0.4, -0.2) is 50.3 Å². The van der Waals surface area contributed by atoms with E-state index in [4.69, 9.17) is 9.47 Å². The van der Waals surface area contributed by atoms with Crippen molar-refractivity contribution >= 4 is 32.7 Å². The summed E-state index contributed by atoms with van der Waals surface area (Å²) in [5.74, 6) is -3.86.